The highest BCUT2D eigenvalue weighted by Gasteiger charge is 2.06. The summed E-state index contributed by atoms with van der Waals surface area (Å²) in [6, 6.07) is 0.486. The Kier molecular flexibility index (Phi) is 10.3. The molecule has 4 heteroatoms. The van der Waals surface area contributed by atoms with E-state index in [9.17, 15) is 0 Å². The molecule has 0 rings (SSSR count). The fourth-order valence-electron chi connectivity index (χ4n) is 1.66. The van der Waals surface area contributed by atoms with Gasteiger partial charge in [0.1, 0.15) is 0 Å². The van der Waals surface area contributed by atoms with Gasteiger partial charge in [-0.15, -0.1) is 0 Å². The van der Waals surface area contributed by atoms with Gasteiger partial charge in [0.25, 0.3) is 0 Å². The zero-order chi connectivity index (χ0) is 14.0. The van der Waals surface area contributed by atoms with E-state index in [4.69, 9.17) is 0 Å². The first-order chi connectivity index (χ1) is 8.49. The molecule has 0 amide bonds. The van der Waals surface area contributed by atoms with E-state index in [0.29, 0.717) is 11.3 Å². The number of rotatable bonds is 8. The fourth-order valence-corrected chi connectivity index (χ4v) is 1.91. The molecule has 0 aromatic carbocycles. The molecule has 0 aliphatic heterocycles. The lowest BCUT2D eigenvalue weighted by Gasteiger charge is -2.19. The molecule has 2 unspecified atom stereocenters. The molecule has 0 fully saturated rings. The van der Waals surface area contributed by atoms with Crippen molar-refractivity contribution in [2.24, 2.45) is 10.9 Å². The zero-order valence-corrected chi connectivity index (χ0v) is 13.7. The lowest BCUT2D eigenvalue weighted by Crippen LogP contribution is -2.44. The largest absolute Gasteiger partial charge is 0.355 e. The van der Waals surface area contributed by atoms with Gasteiger partial charge in [-0.05, 0) is 25.5 Å². The molecule has 0 aliphatic carbocycles. The van der Waals surface area contributed by atoms with E-state index in [0.717, 1.165) is 18.4 Å². The minimum absolute atomic E-state index is 0.486. The average Bonchev–Trinajstić information content (AvgIpc) is 2.33. The summed E-state index contributed by atoms with van der Waals surface area (Å²) in [5.74, 6) is 1.73. The maximum Gasteiger partial charge on any atom is 0.191 e. The number of nitrogens with one attached hydrogen (secondary N) is 2. The molecule has 0 saturated carbocycles. The molecule has 0 saturated heterocycles. The van der Waals surface area contributed by atoms with Crippen molar-refractivity contribution in [2.75, 3.05) is 19.8 Å². The van der Waals surface area contributed by atoms with E-state index in [1.807, 2.05) is 18.8 Å². The second kappa shape index (κ2) is 10.5. The van der Waals surface area contributed by atoms with Crippen LogP contribution in [0.1, 0.15) is 47.0 Å². The molecule has 18 heavy (non-hydrogen) atoms. The van der Waals surface area contributed by atoms with Gasteiger partial charge in [0.05, 0.1) is 0 Å². The first-order valence-corrected chi connectivity index (χ1v) is 8.28. The van der Waals surface area contributed by atoms with Crippen molar-refractivity contribution in [3.63, 3.8) is 0 Å². The number of guanidine groups is 1. The van der Waals surface area contributed by atoms with Crippen molar-refractivity contribution < 1.29 is 0 Å². The topological polar surface area (TPSA) is 36.4 Å². The Bertz CT molecular complexity index is 229. The van der Waals surface area contributed by atoms with E-state index < -0.39 is 0 Å². The Balaban J connectivity index is 3.83. The molecule has 0 heterocycles. The van der Waals surface area contributed by atoms with Gasteiger partial charge in [-0.2, -0.15) is 11.8 Å². The van der Waals surface area contributed by atoms with Crippen LogP contribution in [0.2, 0.25) is 0 Å². The van der Waals surface area contributed by atoms with Gasteiger partial charge >= 0.3 is 0 Å². The van der Waals surface area contributed by atoms with Crippen molar-refractivity contribution in [3.8, 4) is 0 Å². The standard InChI is InChI=1S/C14H31N3S/c1-11(2)8-7-9-12(3)17-14(15-5)16-10-13(4)18-6/h11-13H,7-10H2,1-6H3,(H2,15,16,17). The second-order valence-electron chi connectivity index (χ2n) is 5.37. The molecule has 108 valence electrons. The van der Waals surface area contributed by atoms with Crippen LogP contribution < -0.4 is 10.6 Å². The molecular weight excluding hydrogens is 242 g/mol. The summed E-state index contributed by atoms with van der Waals surface area (Å²) in [5.41, 5.74) is 0. The highest BCUT2D eigenvalue weighted by Crippen LogP contribution is 2.08. The second-order valence-corrected chi connectivity index (χ2v) is 6.65. The lowest BCUT2D eigenvalue weighted by atomic mass is 10.0. The molecule has 0 bridgehead atoms. The van der Waals surface area contributed by atoms with Gasteiger partial charge in [-0.25, -0.2) is 0 Å². The van der Waals surface area contributed by atoms with E-state index in [1.165, 1.54) is 19.3 Å². The van der Waals surface area contributed by atoms with Crippen LogP contribution in [0.4, 0.5) is 0 Å². The van der Waals surface area contributed by atoms with Crippen molar-refractivity contribution >= 4 is 17.7 Å². The van der Waals surface area contributed by atoms with E-state index in [2.05, 4.69) is 49.6 Å². The minimum atomic E-state index is 0.486. The van der Waals surface area contributed by atoms with Crippen LogP contribution in [0.5, 0.6) is 0 Å². The Morgan fingerprint density at radius 3 is 2.33 bits per heavy atom. The van der Waals surface area contributed by atoms with E-state index >= 15 is 0 Å². The van der Waals surface area contributed by atoms with Gasteiger partial charge in [-0.3, -0.25) is 4.99 Å². The predicted molar refractivity (Wildman–Crippen MR) is 85.6 cm³/mol. The third-order valence-electron chi connectivity index (χ3n) is 2.98. The molecule has 2 N–H and O–H groups in total. The summed E-state index contributed by atoms with van der Waals surface area (Å²) in [6.45, 7) is 9.96. The van der Waals surface area contributed by atoms with Gasteiger partial charge in [-0.1, -0.05) is 33.6 Å². The summed E-state index contributed by atoms with van der Waals surface area (Å²) in [7, 11) is 1.83. The van der Waals surface area contributed by atoms with Crippen molar-refractivity contribution in [1.82, 2.24) is 10.6 Å². The highest BCUT2D eigenvalue weighted by atomic mass is 32.2. The third-order valence-corrected chi connectivity index (χ3v) is 3.96. The third kappa shape index (κ3) is 9.63. The monoisotopic (exact) mass is 273 g/mol. The molecule has 0 aromatic heterocycles. The molecule has 3 nitrogen and oxygen atoms in total. The number of thioether (sulfide) groups is 1. The summed E-state index contributed by atoms with van der Waals surface area (Å²) < 4.78 is 0. The normalized spacial score (nSPS) is 15.6. The lowest BCUT2D eigenvalue weighted by molar-refractivity contribution is 0.491. The Hall–Kier alpha value is -0.380. The molecule has 0 spiro atoms. The quantitative estimate of drug-likeness (QED) is 0.527. The summed E-state index contributed by atoms with van der Waals surface area (Å²) in [4.78, 5) is 4.26. The van der Waals surface area contributed by atoms with Crippen molar-refractivity contribution in [1.29, 1.82) is 0 Å². The molecular formula is C14H31N3S. The molecule has 2 atom stereocenters. The summed E-state index contributed by atoms with van der Waals surface area (Å²) >= 11 is 1.87. The number of hydrogen-bond donors (Lipinski definition) is 2. The Morgan fingerprint density at radius 2 is 1.83 bits per heavy atom. The number of nitrogens with zero attached hydrogens (tertiary/aromatic N) is 1. The summed E-state index contributed by atoms with van der Waals surface area (Å²) in [5, 5.41) is 7.43. The molecule has 0 aromatic rings. The average molecular weight is 273 g/mol. The fraction of sp³-hybridized carbons (Fsp3) is 0.929. The smallest absolute Gasteiger partial charge is 0.191 e. The number of hydrogen-bond acceptors (Lipinski definition) is 2. The van der Waals surface area contributed by atoms with Crippen LogP contribution in [0.3, 0.4) is 0 Å². The highest BCUT2D eigenvalue weighted by molar-refractivity contribution is 7.99. The van der Waals surface area contributed by atoms with Crippen LogP contribution in [-0.4, -0.2) is 37.1 Å². The Labute approximate surface area is 118 Å². The van der Waals surface area contributed by atoms with Gasteiger partial charge in [0.2, 0.25) is 0 Å². The van der Waals surface area contributed by atoms with Crippen LogP contribution in [0.25, 0.3) is 0 Å². The van der Waals surface area contributed by atoms with E-state index in [-0.39, 0.29) is 0 Å². The summed E-state index contributed by atoms with van der Waals surface area (Å²) in [6.07, 6.45) is 5.93. The molecule has 0 aliphatic rings. The SMILES string of the molecule is CN=C(NCC(C)SC)NC(C)CCCC(C)C. The first kappa shape index (κ1) is 17.6. The van der Waals surface area contributed by atoms with Gasteiger partial charge < -0.3 is 10.6 Å². The van der Waals surface area contributed by atoms with Gasteiger partial charge in [0, 0.05) is 24.9 Å². The first-order valence-electron chi connectivity index (χ1n) is 6.99. The van der Waals surface area contributed by atoms with Crippen LogP contribution in [0, 0.1) is 5.92 Å². The van der Waals surface area contributed by atoms with Crippen LogP contribution in [0.15, 0.2) is 4.99 Å². The van der Waals surface area contributed by atoms with E-state index in [1.54, 1.807) is 0 Å². The molecule has 0 radical (unpaired) electrons. The van der Waals surface area contributed by atoms with Gasteiger partial charge in [0.15, 0.2) is 5.96 Å². The predicted octanol–water partition coefficient (Wildman–Crippen LogP) is 3.12. The van der Waals surface area contributed by atoms with Crippen LogP contribution >= 0.6 is 11.8 Å². The maximum absolute atomic E-state index is 4.26. The maximum atomic E-state index is 4.26. The van der Waals surface area contributed by atoms with Crippen molar-refractivity contribution in [2.45, 2.75) is 58.2 Å². The minimum Gasteiger partial charge on any atom is -0.355 e. The number of aliphatic imine (C=N–C) groups is 1. The zero-order valence-electron chi connectivity index (χ0n) is 12.9. The Morgan fingerprint density at radius 1 is 1.17 bits per heavy atom. The van der Waals surface area contributed by atoms with Crippen molar-refractivity contribution in [3.05, 3.63) is 0 Å². The van der Waals surface area contributed by atoms with Crippen LogP contribution in [-0.2, 0) is 0 Å².